The first-order valence-corrected chi connectivity index (χ1v) is 6.61. The lowest BCUT2D eigenvalue weighted by Gasteiger charge is -2.28. The first-order valence-electron chi connectivity index (χ1n) is 6.61. The number of amides is 1. The lowest BCUT2D eigenvalue weighted by Crippen LogP contribution is -2.40. The van der Waals surface area contributed by atoms with Crippen LogP contribution in [0.25, 0.3) is 0 Å². The third-order valence-electron chi connectivity index (χ3n) is 3.41. The number of hydrogen-bond donors (Lipinski definition) is 3. The summed E-state index contributed by atoms with van der Waals surface area (Å²) in [5.74, 6) is -0.0630. The molecular formula is C14H21N3O2. The van der Waals surface area contributed by atoms with Gasteiger partial charge in [-0.25, -0.2) is 0 Å². The minimum absolute atomic E-state index is 0.0630. The van der Waals surface area contributed by atoms with Gasteiger partial charge in [0.25, 0.3) is 0 Å². The maximum atomic E-state index is 11.9. The number of likely N-dealkylation sites (tertiary alicyclic amines) is 1. The third-order valence-corrected chi connectivity index (χ3v) is 3.41. The van der Waals surface area contributed by atoms with Crippen LogP contribution in [-0.2, 0) is 4.79 Å². The number of aliphatic hydroxyl groups excluding tert-OH is 1. The van der Waals surface area contributed by atoms with Crippen molar-refractivity contribution >= 4 is 17.3 Å². The number of rotatable bonds is 3. The molecular weight excluding hydrogens is 242 g/mol. The monoisotopic (exact) mass is 263 g/mol. The fourth-order valence-corrected chi connectivity index (χ4v) is 2.27. The number of nitrogens with two attached hydrogens (primary N) is 1. The van der Waals surface area contributed by atoms with Crippen molar-refractivity contribution in [2.75, 3.05) is 30.7 Å². The van der Waals surface area contributed by atoms with Gasteiger partial charge >= 0.3 is 0 Å². The Morgan fingerprint density at radius 1 is 1.47 bits per heavy atom. The lowest BCUT2D eigenvalue weighted by molar-refractivity contribution is -0.117. The molecule has 1 aromatic carbocycles. The molecule has 0 bridgehead atoms. The molecule has 2 rings (SSSR count). The van der Waals surface area contributed by atoms with Crippen LogP contribution in [0.5, 0.6) is 0 Å². The van der Waals surface area contributed by atoms with Crippen molar-refractivity contribution in [1.29, 1.82) is 0 Å². The topological polar surface area (TPSA) is 78.6 Å². The molecule has 1 aliphatic heterocycles. The summed E-state index contributed by atoms with van der Waals surface area (Å²) in [6, 6.07) is 5.58. The van der Waals surface area contributed by atoms with Gasteiger partial charge in [-0.3, -0.25) is 9.69 Å². The van der Waals surface area contributed by atoms with Crippen LogP contribution in [-0.4, -0.2) is 41.7 Å². The fourth-order valence-electron chi connectivity index (χ4n) is 2.27. The number of benzene rings is 1. The number of nitrogen functional groups attached to an aromatic ring is 1. The van der Waals surface area contributed by atoms with E-state index in [1.165, 1.54) is 0 Å². The van der Waals surface area contributed by atoms with Crippen LogP contribution in [0.1, 0.15) is 18.4 Å². The Bertz CT molecular complexity index is 454. The number of carbonyl (C=O) groups excluding carboxylic acids is 1. The van der Waals surface area contributed by atoms with E-state index in [0.717, 1.165) is 31.5 Å². The van der Waals surface area contributed by atoms with Crippen molar-refractivity contribution in [1.82, 2.24) is 4.90 Å². The number of anilines is 2. The van der Waals surface area contributed by atoms with E-state index in [0.29, 0.717) is 17.9 Å². The van der Waals surface area contributed by atoms with Crippen molar-refractivity contribution < 1.29 is 9.90 Å². The number of nitrogens with one attached hydrogen (secondary N) is 1. The summed E-state index contributed by atoms with van der Waals surface area (Å²) >= 11 is 0. The lowest BCUT2D eigenvalue weighted by atomic mass is 10.1. The SMILES string of the molecule is Cc1ccc(NC(=O)CN2CCC(O)CC2)c(N)c1. The Balaban J connectivity index is 1.87. The van der Waals surface area contributed by atoms with Gasteiger partial charge in [-0.1, -0.05) is 6.07 Å². The van der Waals surface area contributed by atoms with Gasteiger partial charge in [0.05, 0.1) is 24.0 Å². The summed E-state index contributed by atoms with van der Waals surface area (Å²) < 4.78 is 0. The van der Waals surface area contributed by atoms with Crippen molar-refractivity contribution in [2.24, 2.45) is 0 Å². The Hall–Kier alpha value is -1.59. The van der Waals surface area contributed by atoms with E-state index in [1.807, 2.05) is 30.0 Å². The van der Waals surface area contributed by atoms with Gasteiger partial charge in [-0.15, -0.1) is 0 Å². The number of nitrogens with zero attached hydrogens (tertiary/aromatic N) is 1. The number of piperidine rings is 1. The summed E-state index contributed by atoms with van der Waals surface area (Å²) in [6.45, 7) is 3.83. The van der Waals surface area contributed by atoms with Gasteiger partial charge < -0.3 is 16.2 Å². The smallest absolute Gasteiger partial charge is 0.238 e. The third kappa shape index (κ3) is 3.94. The number of aryl methyl sites for hydroxylation is 1. The number of aliphatic hydroxyl groups is 1. The van der Waals surface area contributed by atoms with Gasteiger partial charge in [-0.05, 0) is 37.5 Å². The minimum atomic E-state index is -0.216. The molecule has 4 N–H and O–H groups in total. The van der Waals surface area contributed by atoms with Gasteiger partial charge in [0.15, 0.2) is 0 Å². The zero-order valence-electron chi connectivity index (χ0n) is 11.2. The van der Waals surface area contributed by atoms with E-state index in [9.17, 15) is 9.90 Å². The van der Waals surface area contributed by atoms with E-state index in [4.69, 9.17) is 5.73 Å². The first kappa shape index (κ1) is 13.8. The van der Waals surface area contributed by atoms with Gasteiger partial charge in [0, 0.05) is 13.1 Å². The molecule has 0 atom stereocenters. The van der Waals surface area contributed by atoms with Gasteiger partial charge in [-0.2, -0.15) is 0 Å². The average Bonchev–Trinajstić information content (AvgIpc) is 2.36. The predicted molar refractivity (Wildman–Crippen MR) is 75.9 cm³/mol. The molecule has 1 saturated heterocycles. The zero-order valence-corrected chi connectivity index (χ0v) is 11.2. The molecule has 0 aromatic heterocycles. The van der Waals surface area contributed by atoms with Gasteiger partial charge in [0.1, 0.15) is 0 Å². The highest BCUT2D eigenvalue weighted by atomic mass is 16.3. The molecule has 104 valence electrons. The quantitative estimate of drug-likeness (QED) is 0.710. The van der Waals surface area contributed by atoms with Gasteiger partial charge in [0.2, 0.25) is 5.91 Å². The molecule has 1 aromatic rings. The summed E-state index contributed by atoms with van der Waals surface area (Å²) in [5.41, 5.74) is 8.17. The van der Waals surface area contributed by atoms with Crippen LogP contribution in [0.2, 0.25) is 0 Å². The van der Waals surface area contributed by atoms with Crippen molar-refractivity contribution in [3.8, 4) is 0 Å². The summed E-state index contributed by atoms with van der Waals surface area (Å²) in [5, 5.41) is 12.2. The normalized spacial score (nSPS) is 17.4. The standard InChI is InChI=1S/C14H21N3O2/c1-10-2-3-13(12(15)8-10)16-14(19)9-17-6-4-11(18)5-7-17/h2-3,8,11,18H,4-7,9,15H2,1H3,(H,16,19). The minimum Gasteiger partial charge on any atom is -0.397 e. The van der Waals surface area contributed by atoms with Crippen LogP contribution in [0.4, 0.5) is 11.4 Å². The molecule has 0 saturated carbocycles. The maximum absolute atomic E-state index is 11.9. The van der Waals surface area contributed by atoms with E-state index in [2.05, 4.69) is 5.32 Å². The Kier molecular flexibility index (Phi) is 4.39. The molecule has 0 unspecified atom stereocenters. The largest absolute Gasteiger partial charge is 0.397 e. The first-order chi connectivity index (χ1) is 9.04. The second kappa shape index (κ2) is 6.04. The maximum Gasteiger partial charge on any atom is 0.238 e. The second-order valence-electron chi connectivity index (χ2n) is 5.15. The van der Waals surface area contributed by atoms with Crippen LogP contribution in [0.3, 0.4) is 0 Å². The van der Waals surface area contributed by atoms with Crippen LogP contribution in [0, 0.1) is 6.92 Å². The van der Waals surface area contributed by atoms with E-state index < -0.39 is 0 Å². The number of hydrogen-bond acceptors (Lipinski definition) is 4. The molecule has 1 amide bonds. The molecule has 0 spiro atoms. The molecule has 19 heavy (non-hydrogen) atoms. The average molecular weight is 263 g/mol. The van der Waals surface area contributed by atoms with E-state index >= 15 is 0 Å². The number of carbonyl (C=O) groups is 1. The van der Waals surface area contributed by atoms with Crippen LogP contribution >= 0.6 is 0 Å². The van der Waals surface area contributed by atoms with E-state index in [1.54, 1.807) is 0 Å². The summed E-state index contributed by atoms with van der Waals surface area (Å²) in [6.07, 6.45) is 1.26. The zero-order chi connectivity index (χ0) is 13.8. The summed E-state index contributed by atoms with van der Waals surface area (Å²) in [7, 11) is 0. The summed E-state index contributed by atoms with van der Waals surface area (Å²) in [4.78, 5) is 14.0. The van der Waals surface area contributed by atoms with Crippen molar-refractivity contribution in [3.63, 3.8) is 0 Å². The van der Waals surface area contributed by atoms with Crippen molar-refractivity contribution in [3.05, 3.63) is 23.8 Å². The second-order valence-corrected chi connectivity index (χ2v) is 5.15. The molecule has 5 heteroatoms. The fraction of sp³-hybridized carbons (Fsp3) is 0.500. The molecule has 1 aliphatic rings. The van der Waals surface area contributed by atoms with Crippen LogP contribution < -0.4 is 11.1 Å². The molecule has 5 nitrogen and oxygen atoms in total. The Morgan fingerprint density at radius 3 is 2.79 bits per heavy atom. The van der Waals surface area contributed by atoms with Crippen LogP contribution in [0.15, 0.2) is 18.2 Å². The highest BCUT2D eigenvalue weighted by Crippen LogP contribution is 2.19. The predicted octanol–water partition coefficient (Wildman–Crippen LogP) is 0.972. The Labute approximate surface area is 113 Å². The highest BCUT2D eigenvalue weighted by molar-refractivity contribution is 5.95. The molecule has 1 heterocycles. The Morgan fingerprint density at radius 2 is 2.16 bits per heavy atom. The molecule has 0 radical (unpaired) electrons. The molecule has 1 fully saturated rings. The highest BCUT2D eigenvalue weighted by Gasteiger charge is 2.19. The molecule has 0 aliphatic carbocycles. The van der Waals surface area contributed by atoms with Crippen molar-refractivity contribution in [2.45, 2.75) is 25.9 Å². The van der Waals surface area contributed by atoms with E-state index in [-0.39, 0.29) is 12.0 Å².